The minimum Gasteiger partial charge on any atom is -0.334 e. The van der Waals surface area contributed by atoms with Gasteiger partial charge in [-0.15, -0.1) is 0 Å². The zero-order valence-corrected chi connectivity index (χ0v) is 13.7. The van der Waals surface area contributed by atoms with Crippen LogP contribution in [0.2, 0.25) is 0 Å². The number of rotatable bonds is 5. The monoisotopic (exact) mass is 306 g/mol. The van der Waals surface area contributed by atoms with Gasteiger partial charge in [-0.25, -0.2) is 4.79 Å². The van der Waals surface area contributed by atoms with E-state index >= 15 is 0 Å². The predicted molar refractivity (Wildman–Crippen MR) is 87.0 cm³/mol. The average molecular weight is 306 g/mol. The molecule has 2 heterocycles. The van der Waals surface area contributed by atoms with Crippen LogP contribution in [-0.2, 0) is 6.54 Å². The van der Waals surface area contributed by atoms with Gasteiger partial charge >= 0.3 is 6.03 Å². The minimum absolute atomic E-state index is 0.0931. The Morgan fingerprint density at radius 1 is 1.36 bits per heavy atom. The summed E-state index contributed by atoms with van der Waals surface area (Å²) < 4.78 is 0. The molecule has 0 saturated carbocycles. The van der Waals surface area contributed by atoms with Gasteiger partial charge in [0.15, 0.2) is 0 Å². The molecule has 0 radical (unpaired) electrons. The van der Waals surface area contributed by atoms with Crippen LogP contribution in [0.1, 0.15) is 36.6 Å². The highest BCUT2D eigenvalue weighted by Crippen LogP contribution is 2.07. The molecular formula is C16H26N4O2. The molecule has 122 valence electrons. The molecule has 2 rings (SSSR count). The molecule has 0 bridgehead atoms. The van der Waals surface area contributed by atoms with Crippen molar-refractivity contribution < 1.29 is 4.79 Å². The Labute approximate surface area is 131 Å². The van der Waals surface area contributed by atoms with Crippen molar-refractivity contribution in [3.05, 3.63) is 33.2 Å². The first-order valence-corrected chi connectivity index (χ1v) is 7.92. The molecular weight excluding hydrogens is 280 g/mol. The van der Waals surface area contributed by atoms with Gasteiger partial charge in [0.25, 0.3) is 5.56 Å². The molecule has 3 N–H and O–H groups in total. The van der Waals surface area contributed by atoms with E-state index in [1.165, 1.54) is 12.8 Å². The van der Waals surface area contributed by atoms with E-state index in [-0.39, 0.29) is 24.2 Å². The van der Waals surface area contributed by atoms with Gasteiger partial charge in [-0.3, -0.25) is 4.79 Å². The molecule has 1 aliphatic rings. The summed E-state index contributed by atoms with van der Waals surface area (Å²) in [4.78, 5) is 28.9. The van der Waals surface area contributed by atoms with Crippen LogP contribution in [0.5, 0.6) is 0 Å². The van der Waals surface area contributed by atoms with Gasteiger partial charge in [-0.05, 0) is 58.3 Å². The highest BCUT2D eigenvalue weighted by Gasteiger charge is 2.16. The molecule has 6 nitrogen and oxygen atoms in total. The van der Waals surface area contributed by atoms with Crippen molar-refractivity contribution in [2.24, 2.45) is 0 Å². The van der Waals surface area contributed by atoms with E-state index < -0.39 is 0 Å². The third-order valence-corrected chi connectivity index (χ3v) is 4.03. The normalized spacial score (nSPS) is 16.5. The molecule has 1 aliphatic heterocycles. The van der Waals surface area contributed by atoms with Crippen LogP contribution in [0, 0.1) is 13.8 Å². The van der Waals surface area contributed by atoms with Gasteiger partial charge < -0.3 is 20.5 Å². The second kappa shape index (κ2) is 7.45. The lowest BCUT2D eigenvalue weighted by atomic mass is 10.1. The fraction of sp³-hybridized carbons (Fsp3) is 0.625. The zero-order chi connectivity index (χ0) is 16.1. The standard InChI is InChI=1S/C16H26N4O2/c1-11-8-12(2)18-15(21)14(11)9-17-16(22)19-13(3)10-20-6-4-5-7-20/h8,13H,4-7,9-10H2,1-3H3,(H,18,21)(H2,17,19,22)/t13-/m0/s1. The molecule has 22 heavy (non-hydrogen) atoms. The number of carbonyl (C=O) groups excluding carboxylic acids is 1. The lowest BCUT2D eigenvalue weighted by Gasteiger charge is -2.21. The highest BCUT2D eigenvalue weighted by atomic mass is 16.2. The van der Waals surface area contributed by atoms with Gasteiger partial charge in [-0.1, -0.05) is 0 Å². The number of aromatic nitrogens is 1. The quantitative estimate of drug-likeness (QED) is 0.767. The number of H-pyrrole nitrogens is 1. The van der Waals surface area contributed by atoms with Crippen LogP contribution < -0.4 is 16.2 Å². The lowest BCUT2D eigenvalue weighted by Crippen LogP contribution is -2.45. The van der Waals surface area contributed by atoms with Crippen LogP contribution in [0.4, 0.5) is 4.79 Å². The third-order valence-electron chi connectivity index (χ3n) is 4.03. The van der Waals surface area contributed by atoms with Gasteiger partial charge in [0, 0.05) is 23.8 Å². The molecule has 1 fully saturated rings. The Balaban J connectivity index is 1.81. The second-order valence-corrected chi connectivity index (χ2v) is 6.18. The second-order valence-electron chi connectivity index (χ2n) is 6.18. The summed E-state index contributed by atoms with van der Waals surface area (Å²) >= 11 is 0. The molecule has 0 unspecified atom stereocenters. The fourth-order valence-electron chi connectivity index (χ4n) is 2.94. The van der Waals surface area contributed by atoms with E-state index in [4.69, 9.17) is 0 Å². The van der Waals surface area contributed by atoms with Crippen molar-refractivity contribution in [1.82, 2.24) is 20.5 Å². The number of hydrogen-bond donors (Lipinski definition) is 3. The van der Waals surface area contributed by atoms with Gasteiger partial charge in [-0.2, -0.15) is 0 Å². The fourth-order valence-corrected chi connectivity index (χ4v) is 2.94. The number of nitrogens with zero attached hydrogens (tertiary/aromatic N) is 1. The largest absolute Gasteiger partial charge is 0.334 e. The number of aromatic amines is 1. The van der Waals surface area contributed by atoms with Crippen LogP contribution in [0.25, 0.3) is 0 Å². The van der Waals surface area contributed by atoms with E-state index in [2.05, 4.69) is 20.5 Å². The molecule has 0 spiro atoms. The summed E-state index contributed by atoms with van der Waals surface area (Å²) in [5.41, 5.74) is 2.19. The minimum atomic E-state index is -0.230. The number of likely N-dealkylation sites (tertiary alicyclic amines) is 1. The number of urea groups is 1. The van der Waals surface area contributed by atoms with E-state index in [0.29, 0.717) is 5.56 Å². The van der Waals surface area contributed by atoms with Crippen LogP contribution in [-0.4, -0.2) is 41.6 Å². The molecule has 1 saturated heterocycles. The Kier molecular flexibility index (Phi) is 5.60. The topological polar surface area (TPSA) is 77.2 Å². The Hall–Kier alpha value is -1.82. The molecule has 1 atom stereocenters. The van der Waals surface area contributed by atoms with E-state index in [9.17, 15) is 9.59 Å². The molecule has 1 aromatic heterocycles. The van der Waals surface area contributed by atoms with Crippen LogP contribution in [0.15, 0.2) is 10.9 Å². The van der Waals surface area contributed by atoms with E-state index in [0.717, 1.165) is 30.9 Å². The summed E-state index contributed by atoms with van der Waals surface area (Å²) in [5.74, 6) is 0. The maximum Gasteiger partial charge on any atom is 0.315 e. The van der Waals surface area contributed by atoms with Crippen LogP contribution >= 0.6 is 0 Å². The number of nitrogens with one attached hydrogen (secondary N) is 3. The van der Waals surface area contributed by atoms with E-state index in [1.807, 2.05) is 26.8 Å². The molecule has 1 aromatic rings. The summed E-state index contributed by atoms with van der Waals surface area (Å²) in [5, 5.41) is 5.69. The molecule has 2 amide bonds. The highest BCUT2D eigenvalue weighted by molar-refractivity contribution is 5.74. The first kappa shape index (κ1) is 16.5. The number of pyridine rings is 1. The predicted octanol–water partition coefficient (Wildman–Crippen LogP) is 1.28. The maximum absolute atomic E-state index is 11.9. The van der Waals surface area contributed by atoms with Crippen LogP contribution in [0.3, 0.4) is 0 Å². The first-order chi connectivity index (χ1) is 10.5. The molecule has 0 aliphatic carbocycles. The summed E-state index contributed by atoms with van der Waals surface area (Å²) in [7, 11) is 0. The maximum atomic E-state index is 11.9. The van der Waals surface area contributed by atoms with Crippen molar-refractivity contribution >= 4 is 6.03 Å². The Morgan fingerprint density at radius 3 is 2.68 bits per heavy atom. The molecule has 0 aromatic carbocycles. The number of hydrogen-bond acceptors (Lipinski definition) is 3. The van der Waals surface area contributed by atoms with E-state index in [1.54, 1.807) is 0 Å². The number of carbonyl (C=O) groups is 1. The van der Waals surface area contributed by atoms with Crippen molar-refractivity contribution in [3.8, 4) is 0 Å². The Bertz CT molecular complexity index is 576. The summed E-state index contributed by atoms with van der Waals surface area (Å²) in [6.07, 6.45) is 2.49. The SMILES string of the molecule is Cc1cc(C)c(CNC(=O)N[C@@H](C)CN2CCCC2)c(=O)[nH]1. The van der Waals surface area contributed by atoms with Crippen molar-refractivity contribution in [1.29, 1.82) is 0 Å². The van der Waals surface area contributed by atoms with Crippen molar-refractivity contribution in [3.63, 3.8) is 0 Å². The Morgan fingerprint density at radius 2 is 2.05 bits per heavy atom. The van der Waals surface area contributed by atoms with Crippen molar-refractivity contribution in [2.45, 2.75) is 46.2 Å². The zero-order valence-electron chi connectivity index (χ0n) is 13.7. The summed E-state index contributed by atoms with van der Waals surface area (Å²) in [6, 6.07) is 1.77. The average Bonchev–Trinajstić information content (AvgIpc) is 2.89. The number of amides is 2. The van der Waals surface area contributed by atoms with Crippen molar-refractivity contribution in [2.75, 3.05) is 19.6 Å². The van der Waals surface area contributed by atoms with Gasteiger partial charge in [0.05, 0.1) is 6.54 Å². The van der Waals surface area contributed by atoms with Gasteiger partial charge in [0.1, 0.15) is 0 Å². The number of aryl methyl sites for hydroxylation is 2. The summed E-state index contributed by atoms with van der Waals surface area (Å²) in [6.45, 7) is 9.08. The molecule has 6 heteroatoms. The lowest BCUT2D eigenvalue weighted by molar-refractivity contribution is 0.231. The van der Waals surface area contributed by atoms with Gasteiger partial charge in [0.2, 0.25) is 0 Å². The third kappa shape index (κ3) is 4.59. The smallest absolute Gasteiger partial charge is 0.315 e. The first-order valence-electron chi connectivity index (χ1n) is 7.92.